The number of hydrogen-bond donors (Lipinski definition) is 0. The predicted octanol–water partition coefficient (Wildman–Crippen LogP) is 2.47. The van der Waals surface area contributed by atoms with Crippen LogP contribution in [0.1, 0.15) is 22.8 Å². The second-order valence-electron chi connectivity index (χ2n) is 3.38. The third-order valence-corrected chi connectivity index (χ3v) is 2.85. The molecule has 0 saturated heterocycles. The summed E-state index contributed by atoms with van der Waals surface area (Å²) in [5.74, 6) is -0.356. The lowest BCUT2D eigenvalue weighted by atomic mass is 10.1. The number of fused-ring (bicyclic) bond motifs is 1. The second kappa shape index (κ2) is 4.14. The summed E-state index contributed by atoms with van der Waals surface area (Å²) in [4.78, 5) is 15.6. The first kappa shape index (κ1) is 11.0. The smallest absolute Gasteiger partial charge is 0.338 e. The second-order valence-corrected chi connectivity index (χ2v) is 3.74. The molecule has 0 fully saturated rings. The minimum atomic E-state index is -0.356. The largest absolute Gasteiger partial charge is 0.462 e. The number of imidazole rings is 1. The molecule has 0 aliphatic heterocycles. The quantitative estimate of drug-likeness (QED) is 0.596. The van der Waals surface area contributed by atoms with Crippen LogP contribution >= 0.6 is 11.6 Å². The van der Waals surface area contributed by atoms with Gasteiger partial charge < -0.3 is 4.74 Å². The van der Waals surface area contributed by atoms with E-state index in [0.29, 0.717) is 22.9 Å². The molecule has 2 rings (SSSR count). The summed E-state index contributed by atoms with van der Waals surface area (Å²) in [6.45, 7) is 3.90. The molecule has 2 aromatic heterocycles. The molecule has 0 aliphatic carbocycles. The van der Waals surface area contributed by atoms with E-state index in [4.69, 9.17) is 16.3 Å². The molecule has 0 radical (unpaired) electrons. The molecule has 0 amide bonds. The van der Waals surface area contributed by atoms with Gasteiger partial charge in [0.1, 0.15) is 11.5 Å². The van der Waals surface area contributed by atoms with Gasteiger partial charge in [0.05, 0.1) is 23.9 Å². The van der Waals surface area contributed by atoms with E-state index in [1.54, 1.807) is 36.8 Å². The van der Waals surface area contributed by atoms with Crippen LogP contribution in [0.5, 0.6) is 0 Å². The molecule has 0 N–H and O–H groups in total. The number of esters is 1. The van der Waals surface area contributed by atoms with Gasteiger partial charge in [-0.05, 0) is 25.5 Å². The molecule has 84 valence electrons. The Morgan fingerprint density at radius 1 is 1.62 bits per heavy atom. The normalized spacial score (nSPS) is 10.7. The fourth-order valence-electron chi connectivity index (χ4n) is 1.54. The molecular formula is C11H11ClN2O2. The number of halogens is 1. The Labute approximate surface area is 97.8 Å². The van der Waals surface area contributed by atoms with Crippen molar-refractivity contribution < 1.29 is 9.53 Å². The molecule has 5 heteroatoms. The first-order chi connectivity index (χ1) is 7.65. The highest BCUT2D eigenvalue weighted by Gasteiger charge is 2.15. The third-order valence-electron chi connectivity index (χ3n) is 2.38. The minimum absolute atomic E-state index is 0.348. The van der Waals surface area contributed by atoms with E-state index in [2.05, 4.69) is 4.98 Å². The zero-order chi connectivity index (χ0) is 11.7. The van der Waals surface area contributed by atoms with Crippen molar-refractivity contribution in [2.24, 2.45) is 0 Å². The van der Waals surface area contributed by atoms with Gasteiger partial charge in [-0.1, -0.05) is 11.6 Å². The van der Waals surface area contributed by atoms with Crippen LogP contribution in [0.2, 0.25) is 5.15 Å². The van der Waals surface area contributed by atoms with Gasteiger partial charge in [0.2, 0.25) is 0 Å². The van der Waals surface area contributed by atoms with E-state index in [1.165, 1.54) is 0 Å². The fraction of sp³-hybridized carbons (Fsp3) is 0.273. The zero-order valence-electron chi connectivity index (χ0n) is 9.03. The highest BCUT2D eigenvalue weighted by atomic mass is 35.5. The molecule has 0 aliphatic rings. The van der Waals surface area contributed by atoms with Crippen molar-refractivity contribution in [1.29, 1.82) is 0 Å². The molecule has 0 bridgehead atoms. The average molecular weight is 239 g/mol. The van der Waals surface area contributed by atoms with Crippen LogP contribution in [0.3, 0.4) is 0 Å². The van der Waals surface area contributed by atoms with Crippen molar-refractivity contribution >= 4 is 23.1 Å². The SMILES string of the molecule is CCOC(=O)c1cc2cncn2c(Cl)c1C. The van der Waals surface area contributed by atoms with Crippen molar-refractivity contribution in [3.63, 3.8) is 0 Å². The molecular weight excluding hydrogens is 228 g/mol. The van der Waals surface area contributed by atoms with Crippen molar-refractivity contribution in [3.8, 4) is 0 Å². The van der Waals surface area contributed by atoms with Gasteiger partial charge in [-0.25, -0.2) is 9.78 Å². The highest BCUT2D eigenvalue weighted by Crippen LogP contribution is 2.22. The number of carbonyl (C=O) groups excluding carboxylic acids is 1. The fourth-order valence-corrected chi connectivity index (χ4v) is 1.79. The van der Waals surface area contributed by atoms with Crippen molar-refractivity contribution in [2.45, 2.75) is 13.8 Å². The molecule has 0 spiro atoms. The summed E-state index contributed by atoms with van der Waals surface area (Å²) in [5, 5.41) is 0.484. The lowest BCUT2D eigenvalue weighted by Crippen LogP contribution is -2.08. The number of pyridine rings is 1. The summed E-state index contributed by atoms with van der Waals surface area (Å²) in [6, 6.07) is 1.73. The Hall–Kier alpha value is -1.55. The average Bonchev–Trinajstić information content (AvgIpc) is 2.71. The lowest BCUT2D eigenvalue weighted by Gasteiger charge is -2.08. The van der Waals surface area contributed by atoms with Crippen LogP contribution in [0.15, 0.2) is 18.6 Å². The van der Waals surface area contributed by atoms with Crippen LogP contribution in [0, 0.1) is 6.92 Å². The molecule has 4 nitrogen and oxygen atoms in total. The zero-order valence-corrected chi connectivity index (χ0v) is 9.78. The summed E-state index contributed by atoms with van der Waals surface area (Å²) >= 11 is 6.13. The van der Waals surface area contributed by atoms with Gasteiger partial charge in [0, 0.05) is 0 Å². The van der Waals surface area contributed by atoms with E-state index in [1.807, 2.05) is 0 Å². The molecule has 16 heavy (non-hydrogen) atoms. The number of ether oxygens (including phenoxy) is 1. The number of nitrogens with zero attached hydrogens (tertiary/aromatic N) is 2. The number of hydrogen-bond acceptors (Lipinski definition) is 3. The van der Waals surface area contributed by atoms with Crippen LogP contribution in [0.25, 0.3) is 5.52 Å². The topological polar surface area (TPSA) is 43.6 Å². The van der Waals surface area contributed by atoms with Crippen LogP contribution < -0.4 is 0 Å². The van der Waals surface area contributed by atoms with Crippen LogP contribution in [0.4, 0.5) is 0 Å². The highest BCUT2D eigenvalue weighted by molar-refractivity contribution is 6.31. The monoisotopic (exact) mass is 238 g/mol. The van der Waals surface area contributed by atoms with Gasteiger partial charge in [0.15, 0.2) is 0 Å². The first-order valence-corrected chi connectivity index (χ1v) is 5.31. The van der Waals surface area contributed by atoms with Gasteiger partial charge in [0.25, 0.3) is 0 Å². The molecule has 2 aromatic rings. The Morgan fingerprint density at radius 3 is 3.06 bits per heavy atom. The summed E-state index contributed by atoms with van der Waals surface area (Å²) in [6.07, 6.45) is 3.26. The first-order valence-electron chi connectivity index (χ1n) is 4.93. The van der Waals surface area contributed by atoms with Crippen molar-refractivity contribution in [2.75, 3.05) is 6.61 Å². The van der Waals surface area contributed by atoms with Crippen molar-refractivity contribution in [1.82, 2.24) is 9.38 Å². The van der Waals surface area contributed by atoms with E-state index >= 15 is 0 Å². The summed E-state index contributed by atoms with van der Waals surface area (Å²) in [7, 11) is 0. The third kappa shape index (κ3) is 1.65. The summed E-state index contributed by atoms with van der Waals surface area (Å²) < 4.78 is 6.68. The van der Waals surface area contributed by atoms with E-state index in [9.17, 15) is 4.79 Å². The maximum Gasteiger partial charge on any atom is 0.338 e. The summed E-state index contributed by atoms with van der Waals surface area (Å²) in [5.41, 5.74) is 1.96. The number of rotatable bonds is 2. The maximum atomic E-state index is 11.7. The van der Waals surface area contributed by atoms with E-state index in [0.717, 1.165) is 5.52 Å². The van der Waals surface area contributed by atoms with Crippen molar-refractivity contribution in [3.05, 3.63) is 34.9 Å². The Bertz CT molecular complexity index is 548. The molecule has 2 heterocycles. The Kier molecular flexibility index (Phi) is 2.83. The van der Waals surface area contributed by atoms with E-state index < -0.39 is 0 Å². The predicted molar refractivity (Wildman–Crippen MR) is 60.9 cm³/mol. The van der Waals surface area contributed by atoms with Gasteiger partial charge >= 0.3 is 5.97 Å². The number of aromatic nitrogens is 2. The number of carbonyl (C=O) groups is 1. The van der Waals surface area contributed by atoms with Gasteiger partial charge in [-0.15, -0.1) is 0 Å². The lowest BCUT2D eigenvalue weighted by molar-refractivity contribution is 0.0525. The minimum Gasteiger partial charge on any atom is -0.462 e. The molecule has 0 saturated carbocycles. The molecule has 0 atom stereocenters. The Morgan fingerprint density at radius 2 is 2.38 bits per heavy atom. The standard InChI is InChI=1S/C11H11ClN2O2/c1-3-16-11(15)9-4-8-5-13-6-14(8)10(12)7(9)2/h4-6H,3H2,1-2H3. The maximum absolute atomic E-state index is 11.7. The molecule has 0 unspecified atom stereocenters. The van der Waals surface area contributed by atoms with Crippen LogP contribution in [-0.2, 0) is 4.74 Å². The molecule has 0 aromatic carbocycles. The van der Waals surface area contributed by atoms with Gasteiger partial charge in [-0.2, -0.15) is 0 Å². The van der Waals surface area contributed by atoms with Gasteiger partial charge in [-0.3, -0.25) is 4.40 Å². The van der Waals surface area contributed by atoms with Crippen LogP contribution in [-0.4, -0.2) is 22.0 Å². The Balaban J connectivity index is 2.61. The van der Waals surface area contributed by atoms with E-state index in [-0.39, 0.29) is 5.97 Å².